The zero-order valence-corrected chi connectivity index (χ0v) is 22.2. The van der Waals surface area contributed by atoms with Crippen LogP contribution < -0.4 is 9.62 Å². The van der Waals surface area contributed by atoms with Gasteiger partial charge in [-0.3, -0.25) is 13.9 Å². The molecule has 0 saturated carbocycles. The van der Waals surface area contributed by atoms with Gasteiger partial charge < -0.3 is 10.2 Å². The van der Waals surface area contributed by atoms with Gasteiger partial charge in [0, 0.05) is 25.6 Å². The predicted molar refractivity (Wildman–Crippen MR) is 137 cm³/mol. The van der Waals surface area contributed by atoms with E-state index >= 15 is 0 Å². The van der Waals surface area contributed by atoms with E-state index in [0.717, 1.165) is 17.4 Å². The van der Waals surface area contributed by atoms with Gasteiger partial charge in [0.1, 0.15) is 11.9 Å². The van der Waals surface area contributed by atoms with E-state index in [1.807, 2.05) is 45.9 Å². The molecule has 2 aromatic rings. The van der Waals surface area contributed by atoms with E-state index in [-0.39, 0.29) is 49.6 Å². The number of sulfonamides is 1. The van der Waals surface area contributed by atoms with Crippen LogP contribution in [-0.4, -0.2) is 50.0 Å². The van der Waals surface area contributed by atoms with Gasteiger partial charge in [0.2, 0.25) is 21.8 Å². The minimum absolute atomic E-state index is 0.0530. The molecule has 0 fully saturated rings. The van der Waals surface area contributed by atoms with Crippen LogP contribution in [0, 0.1) is 19.7 Å². The number of benzene rings is 2. The molecule has 0 radical (unpaired) electrons. The standard InChI is InChI=1S/C26H36FN3O4S/c1-18(2)28-26(32)21(5)29(17-22-11-13-23(27)14-12-22)25(31)8-7-15-30(35(6,33)34)24-16-19(3)9-10-20(24)4/h9-14,16,18,21H,7-8,15,17H2,1-6H3,(H,28,32)/t21-/m1/s1. The number of hydrogen-bond acceptors (Lipinski definition) is 4. The molecule has 0 aromatic heterocycles. The SMILES string of the molecule is Cc1ccc(C)c(N(CCCC(=O)N(Cc2ccc(F)cc2)[C@H](C)C(=O)NC(C)C)S(C)(=O)=O)c1. The Balaban J connectivity index is 2.20. The lowest BCUT2D eigenvalue weighted by atomic mass is 10.1. The Bertz CT molecular complexity index is 1130. The molecule has 0 saturated heterocycles. The summed E-state index contributed by atoms with van der Waals surface area (Å²) in [5, 5.41) is 2.82. The summed E-state index contributed by atoms with van der Waals surface area (Å²) in [4.78, 5) is 27.3. The number of halogens is 1. The monoisotopic (exact) mass is 505 g/mol. The van der Waals surface area contributed by atoms with Gasteiger partial charge >= 0.3 is 0 Å². The van der Waals surface area contributed by atoms with Crippen molar-refractivity contribution in [1.82, 2.24) is 10.2 Å². The summed E-state index contributed by atoms with van der Waals surface area (Å²) in [6, 6.07) is 10.5. The maximum absolute atomic E-state index is 13.3. The quantitative estimate of drug-likeness (QED) is 0.501. The van der Waals surface area contributed by atoms with Crippen LogP contribution >= 0.6 is 0 Å². The predicted octanol–water partition coefficient (Wildman–Crippen LogP) is 3.93. The zero-order valence-electron chi connectivity index (χ0n) is 21.3. The molecule has 1 atom stereocenters. The van der Waals surface area contributed by atoms with Gasteiger partial charge in [-0.25, -0.2) is 12.8 Å². The molecule has 0 aliphatic heterocycles. The Morgan fingerprint density at radius 2 is 1.66 bits per heavy atom. The summed E-state index contributed by atoms with van der Waals surface area (Å²) in [5.74, 6) is -0.955. The van der Waals surface area contributed by atoms with Crippen molar-refractivity contribution in [2.75, 3.05) is 17.1 Å². The highest BCUT2D eigenvalue weighted by molar-refractivity contribution is 7.92. The fraction of sp³-hybridized carbons (Fsp3) is 0.462. The van der Waals surface area contributed by atoms with E-state index in [0.29, 0.717) is 11.3 Å². The molecule has 192 valence electrons. The minimum Gasteiger partial charge on any atom is -0.352 e. The summed E-state index contributed by atoms with van der Waals surface area (Å²) < 4.78 is 39.7. The summed E-state index contributed by atoms with van der Waals surface area (Å²) in [6.07, 6.45) is 1.48. The van der Waals surface area contributed by atoms with Crippen LogP contribution in [0.25, 0.3) is 0 Å². The van der Waals surface area contributed by atoms with Crippen LogP contribution in [0.4, 0.5) is 10.1 Å². The molecule has 9 heteroatoms. The first-order valence-corrected chi connectivity index (χ1v) is 13.5. The molecule has 0 aliphatic rings. The fourth-order valence-electron chi connectivity index (χ4n) is 3.74. The molecule has 1 N–H and O–H groups in total. The lowest BCUT2D eigenvalue weighted by Gasteiger charge is -2.30. The van der Waals surface area contributed by atoms with Crippen LogP contribution in [-0.2, 0) is 26.2 Å². The third-order valence-electron chi connectivity index (χ3n) is 5.65. The lowest BCUT2D eigenvalue weighted by molar-refractivity contribution is -0.140. The topological polar surface area (TPSA) is 86.8 Å². The van der Waals surface area contributed by atoms with Crippen LogP contribution in [0.3, 0.4) is 0 Å². The number of hydrogen-bond donors (Lipinski definition) is 1. The first-order chi connectivity index (χ1) is 16.3. The van der Waals surface area contributed by atoms with E-state index in [4.69, 9.17) is 0 Å². The van der Waals surface area contributed by atoms with Gasteiger partial charge in [-0.05, 0) is 75.9 Å². The van der Waals surface area contributed by atoms with Crippen molar-refractivity contribution in [3.63, 3.8) is 0 Å². The molecule has 0 aliphatic carbocycles. The van der Waals surface area contributed by atoms with Crippen LogP contribution in [0.1, 0.15) is 50.3 Å². The summed E-state index contributed by atoms with van der Waals surface area (Å²) in [7, 11) is -3.56. The summed E-state index contributed by atoms with van der Waals surface area (Å²) >= 11 is 0. The highest BCUT2D eigenvalue weighted by atomic mass is 32.2. The van der Waals surface area contributed by atoms with Crippen LogP contribution in [0.2, 0.25) is 0 Å². The maximum Gasteiger partial charge on any atom is 0.242 e. The van der Waals surface area contributed by atoms with Gasteiger partial charge in [0.15, 0.2) is 0 Å². The highest BCUT2D eigenvalue weighted by Gasteiger charge is 2.27. The molecule has 35 heavy (non-hydrogen) atoms. The van der Waals surface area contributed by atoms with Crippen molar-refractivity contribution < 1.29 is 22.4 Å². The normalized spacial score (nSPS) is 12.3. The molecule has 0 heterocycles. The number of amides is 2. The van der Waals surface area contributed by atoms with Gasteiger partial charge in [0.05, 0.1) is 11.9 Å². The van der Waals surface area contributed by atoms with E-state index < -0.39 is 16.1 Å². The van der Waals surface area contributed by atoms with Crippen LogP contribution in [0.5, 0.6) is 0 Å². The molecular weight excluding hydrogens is 469 g/mol. The number of nitrogens with one attached hydrogen (secondary N) is 1. The molecule has 7 nitrogen and oxygen atoms in total. The molecular formula is C26H36FN3O4S. The smallest absolute Gasteiger partial charge is 0.242 e. The van der Waals surface area contributed by atoms with Crippen molar-refractivity contribution in [1.29, 1.82) is 0 Å². The number of carbonyl (C=O) groups excluding carboxylic acids is 2. The second-order valence-corrected chi connectivity index (χ2v) is 11.1. The maximum atomic E-state index is 13.3. The van der Waals surface area contributed by atoms with E-state index in [2.05, 4.69) is 5.32 Å². The van der Waals surface area contributed by atoms with Crippen molar-refractivity contribution >= 4 is 27.5 Å². The van der Waals surface area contributed by atoms with E-state index in [1.54, 1.807) is 19.1 Å². The number of rotatable bonds is 11. The lowest BCUT2D eigenvalue weighted by Crippen LogP contribution is -2.49. The van der Waals surface area contributed by atoms with Gasteiger partial charge in [-0.15, -0.1) is 0 Å². The van der Waals surface area contributed by atoms with E-state index in [9.17, 15) is 22.4 Å². The first kappa shape index (κ1) is 28.3. The van der Waals surface area contributed by atoms with Gasteiger partial charge in [0.25, 0.3) is 0 Å². The number of aryl methyl sites for hydroxylation is 2. The zero-order chi connectivity index (χ0) is 26.3. The highest BCUT2D eigenvalue weighted by Crippen LogP contribution is 2.24. The Labute approximate surface area is 208 Å². The Morgan fingerprint density at radius 1 is 1.03 bits per heavy atom. The van der Waals surface area contributed by atoms with Gasteiger partial charge in [-0.1, -0.05) is 24.3 Å². The third kappa shape index (κ3) is 8.35. The third-order valence-corrected chi connectivity index (χ3v) is 6.83. The second-order valence-electron chi connectivity index (χ2n) is 9.22. The molecule has 2 rings (SSSR count). The molecule has 2 amide bonds. The number of carbonyl (C=O) groups is 2. The first-order valence-electron chi connectivity index (χ1n) is 11.7. The van der Waals surface area contributed by atoms with Gasteiger partial charge in [-0.2, -0.15) is 0 Å². The molecule has 0 bridgehead atoms. The molecule has 2 aromatic carbocycles. The second kappa shape index (κ2) is 12.2. The Morgan fingerprint density at radius 3 is 2.23 bits per heavy atom. The molecule has 0 spiro atoms. The van der Waals surface area contributed by atoms with Crippen molar-refractivity contribution in [3.05, 3.63) is 65.0 Å². The Kier molecular flexibility index (Phi) is 9.82. The summed E-state index contributed by atoms with van der Waals surface area (Å²) in [6.45, 7) is 9.33. The van der Waals surface area contributed by atoms with Crippen molar-refractivity contribution in [2.45, 2.75) is 66.1 Å². The summed E-state index contributed by atoms with van der Waals surface area (Å²) in [5.41, 5.74) is 3.04. The fourth-order valence-corrected chi connectivity index (χ4v) is 4.76. The van der Waals surface area contributed by atoms with E-state index in [1.165, 1.54) is 21.3 Å². The molecule has 0 unspecified atom stereocenters. The number of nitrogens with zero attached hydrogens (tertiary/aromatic N) is 2. The number of anilines is 1. The average Bonchev–Trinajstić information content (AvgIpc) is 2.76. The van der Waals surface area contributed by atoms with Crippen molar-refractivity contribution in [2.24, 2.45) is 0 Å². The minimum atomic E-state index is -3.56. The average molecular weight is 506 g/mol. The Hall–Kier alpha value is -2.94. The van der Waals surface area contributed by atoms with Crippen molar-refractivity contribution in [3.8, 4) is 0 Å². The van der Waals surface area contributed by atoms with Crippen LogP contribution in [0.15, 0.2) is 42.5 Å². The largest absolute Gasteiger partial charge is 0.352 e.